The second-order valence-corrected chi connectivity index (χ2v) is 8.60. The molecule has 4 rings (SSSR count). The van der Waals surface area contributed by atoms with Crippen molar-refractivity contribution in [3.63, 3.8) is 0 Å². The molecule has 2 heterocycles. The maximum Gasteiger partial charge on any atom is 0.343 e. The van der Waals surface area contributed by atoms with Gasteiger partial charge in [0.15, 0.2) is 5.78 Å². The topological polar surface area (TPSA) is 176 Å². The Balaban J connectivity index is 1.61. The summed E-state index contributed by atoms with van der Waals surface area (Å²) in [7, 11) is 2.26. The summed E-state index contributed by atoms with van der Waals surface area (Å²) in [5, 5.41) is 53.6. The summed E-state index contributed by atoms with van der Waals surface area (Å²) in [6.45, 7) is -0.782. The van der Waals surface area contributed by atoms with E-state index in [1.165, 1.54) is 19.3 Å². The summed E-state index contributed by atoms with van der Waals surface area (Å²) in [5.74, 6) is -2.26. The van der Waals surface area contributed by atoms with Crippen molar-refractivity contribution in [1.29, 1.82) is 0 Å². The van der Waals surface area contributed by atoms with Gasteiger partial charge in [0, 0.05) is 17.0 Å². The fourth-order valence-electron chi connectivity index (χ4n) is 4.22. The summed E-state index contributed by atoms with van der Waals surface area (Å²) < 4.78 is 20.3. The highest BCUT2D eigenvalue weighted by molar-refractivity contribution is 6.09. The number of ether oxygens (including phenoxy) is 3. The zero-order valence-corrected chi connectivity index (χ0v) is 19.9. The molecule has 0 amide bonds. The number of hydrogen-bond donors (Lipinski definition) is 5. The fraction of sp³-hybridized carbons (Fsp3) is 0.308. The Morgan fingerprint density at radius 1 is 1.16 bits per heavy atom. The van der Waals surface area contributed by atoms with Crippen LogP contribution in [0.15, 0.2) is 53.2 Å². The van der Waals surface area contributed by atoms with Gasteiger partial charge in [-0.1, -0.05) is 12.1 Å². The summed E-state index contributed by atoms with van der Waals surface area (Å²) in [5.41, 5.74) is -1.36. The van der Waals surface area contributed by atoms with Crippen molar-refractivity contribution in [2.45, 2.75) is 30.0 Å². The number of methoxy groups -OCH3 is 2. The Hall–Kier alpha value is -3.74. The number of phenols is 1. The van der Waals surface area contributed by atoms with Crippen LogP contribution in [0.4, 0.5) is 0 Å². The third kappa shape index (κ3) is 4.82. The SMILES string of the molecule is COC(=O)[C@]1(O)CO[C@H](C(O)c2cc(C(=O)C=Cc3ccc4occc4c3)c(O)cc2OC)[C@@H](O)[C@@H]1O. The van der Waals surface area contributed by atoms with E-state index < -0.39 is 54.1 Å². The standard InChI is InChI=1S/C26H26O11/c1-34-20-11-18(28)15(17(27)5-3-13-4-6-19-14(9-13)7-8-36-19)10-16(20)21(29)23-22(30)24(31)26(33,12-37-23)25(32)35-2/h3-11,21-24,28-31,33H,12H2,1-2H3/t21?,22-,23-,24+,26+/m1/s1. The van der Waals surface area contributed by atoms with Gasteiger partial charge < -0.3 is 44.2 Å². The maximum atomic E-state index is 12.9. The third-order valence-corrected chi connectivity index (χ3v) is 6.33. The number of rotatable bonds is 7. The van der Waals surface area contributed by atoms with Gasteiger partial charge in [-0.15, -0.1) is 0 Å². The Kier molecular flexibility index (Phi) is 7.35. The maximum absolute atomic E-state index is 12.9. The number of fused-ring (bicyclic) bond motifs is 1. The number of allylic oxidation sites excluding steroid dienone is 1. The Morgan fingerprint density at radius 3 is 2.62 bits per heavy atom. The molecule has 5 atom stereocenters. The van der Waals surface area contributed by atoms with Crippen LogP contribution in [0.5, 0.6) is 11.5 Å². The smallest absolute Gasteiger partial charge is 0.343 e. The van der Waals surface area contributed by atoms with E-state index in [9.17, 15) is 35.1 Å². The Morgan fingerprint density at radius 2 is 1.92 bits per heavy atom. The first-order valence-corrected chi connectivity index (χ1v) is 11.2. The number of aromatic hydroxyl groups is 1. The van der Waals surface area contributed by atoms with E-state index >= 15 is 0 Å². The van der Waals surface area contributed by atoms with Gasteiger partial charge in [0.05, 0.1) is 32.7 Å². The third-order valence-electron chi connectivity index (χ3n) is 6.33. The number of benzene rings is 2. The second kappa shape index (κ2) is 10.3. The molecule has 1 saturated heterocycles. The van der Waals surface area contributed by atoms with Crippen LogP contribution in [0.2, 0.25) is 0 Å². The molecule has 5 N–H and O–H groups in total. The number of carbonyl (C=O) groups is 2. The van der Waals surface area contributed by atoms with Crippen molar-refractivity contribution < 1.29 is 53.7 Å². The molecule has 1 aromatic heterocycles. The van der Waals surface area contributed by atoms with Gasteiger partial charge in [-0.3, -0.25) is 4.79 Å². The van der Waals surface area contributed by atoms with Gasteiger partial charge >= 0.3 is 5.97 Å². The van der Waals surface area contributed by atoms with Crippen LogP contribution in [0.3, 0.4) is 0 Å². The van der Waals surface area contributed by atoms with E-state index in [1.54, 1.807) is 30.5 Å². The Bertz CT molecular complexity index is 1340. The monoisotopic (exact) mass is 514 g/mol. The number of ketones is 1. The largest absolute Gasteiger partial charge is 0.507 e. The van der Waals surface area contributed by atoms with Crippen molar-refractivity contribution >= 4 is 28.8 Å². The van der Waals surface area contributed by atoms with E-state index in [0.717, 1.165) is 18.6 Å². The summed E-state index contributed by atoms with van der Waals surface area (Å²) in [6.07, 6.45) is -2.86. The van der Waals surface area contributed by atoms with Crippen molar-refractivity contribution in [2.75, 3.05) is 20.8 Å². The van der Waals surface area contributed by atoms with Crippen LogP contribution in [0, 0.1) is 0 Å². The first kappa shape index (κ1) is 26.3. The number of phenolic OH excluding ortho intramolecular Hbond substituents is 1. The van der Waals surface area contributed by atoms with Crippen molar-refractivity contribution in [2.24, 2.45) is 0 Å². The van der Waals surface area contributed by atoms with Crippen LogP contribution in [-0.2, 0) is 14.3 Å². The summed E-state index contributed by atoms with van der Waals surface area (Å²) in [6, 6.07) is 9.39. The van der Waals surface area contributed by atoms with E-state index in [0.29, 0.717) is 11.1 Å². The highest BCUT2D eigenvalue weighted by atomic mass is 16.6. The molecule has 11 heteroatoms. The number of furan rings is 1. The molecule has 0 aliphatic carbocycles. The molecular formula is C26H26O11. The second-order valence-electron chi connectivity index (χ2n) is 8.60. The molecule has 0 radical (unpaired) electrons. The molecule has 1 aliphatic heterocycles. The highest BCUT2D eigenvalue weighted by Gasteiger charge is 2.56. The lowest BCUT2D eigenvalue weighted by atomic mass is 9.84. The predicted octanol–water partition coefficient (Wildman–Crippen LogP) is 1.10. The van der Waals surface area contributed by atoms with Crippen molar-refractivity contribution in [3.8, 4) is 11.5 Å². The van der Waals surface area contributed by atoms with Gasteiger partial charge in [-0.25, -0.2) is 4.79 Å². The number of aliphatic hydroxyl groups excluding tert-OH is 3. The van der Waals surface area contributed by atoms with Gasteiger partial charge in [-0.2, -0.15) is 0 Å². The van der Waals surface area contributed by atoms with Gasteiger partial charge in [-0.05, 0) is 35.9 Å². The van der Waals surface area contributed by atoms with E-state index in [1.807, 2.05) is 6.07 Å². The predicted molar refractivity (Wildman–Crippen MR) is 128 cm³/mol. The molecule has 1 unspecified atom stereocenters. The lowest BCUT2D eigenvalue weighted by molar-refractivity contribution is -0.255. The average molecular weight is 514 g/mol. The summed E-state index contributed by atoms with van der Waals surface area (Å²) in [4.78, 5) is 24.8. The molecule has 11 nitrogen and oxygen atoms in total. The highest BCUT2D eigenvalue weighted by Crippen LogP contribution is 2.38. The number of carbonyl (C=O) groups excluding carboxylic acids is 2. The van der Waals surface area contributed by atoms with Crippen LogP contribution >= 0.6 is 0 Å². The van der Waals surface area contributed by atoms with E-state index in [2.05, 4.69) is 4.74 Å². The number of aliphatic hydroxyl groups is 4. The van der Waals surface area contributed by atoms with Crippen LogP contribution in [-0.4, -0.2) is 82.0 Å². The molecule has 2 aromatic carbocycles. The molecule has 0 spiro atoms. The van der Waals surface area contributed by atoms with Crippen LogP contribution in [0.1, 0.15) is 27.6 Å². The van der Waals surface area contributed by atoms with Crippen LogP contribution < -0.4 is 4.74 Å². The first-order valence-electron chi connectivity index (χ1n) is 11.2. The van der Waals surface area contributed by atoms with Gasteiger partial charge in [0.25, 0.3) is 0 Å². The molecule has 0 saturated carbocycles. The fourth-order valence-corrected chi connectivity index (χ4v) is 4.22. The van der Waals surface area contributed by atoms with Crippen molar-refractivity contribution in [1.82, 2.24) is 0 Å². The van der Waals surface area contributed by atoms with Gasteiger partial charge in [0.2, 0.25) is 5.60 Å². The lowest BCUT2D eigenvalue weighted by Crippen LogP contribution is -2.66. The minimum absolute atomic E-state index is 0.0324. The zero-order valence-electron chi connectivity index (χ0n) is 19.9. The molecule has 1 fully saturated rings. The van der Waals surface area contributed by atoms with Crippen LogP contribution in [0.25, 0.3) is 17.0 Å². The normalized spacial score (nSPS) is 24.8. The molecule has 1 aliphatic rings. The van der Waals surface area contributed by atoms with Crippen molar-refractivity contribution in [3.05, 3.63) is 65.4 Å². The number of esters is 1. The molecular weight excluding hydrogens is 488 g/mol. The molecule has 196 valence electrons. The first-order chi connectivity index (χ1) is 17.6. The number of hydrogen-bond acceptors (Lipinski definition) is 11. The quantitative estimate of drug-likeness (QED) is 0.173. The minimum Gasteiger partial charge on any atom is -0.507 e. The van der Waals surface area contributed by atoms with E-state index in [4.69, 9.17) is 13.9 Å². The van der Waals surface area contributed by atoms with E-state index in [-0.39, 0.29) is 16.9 Å². The zero-order chi connectivity index (χ0) is 26.9. The summed E-state index contributed by atoms with van der Waals surface area (Å²) >= 11 is 0. The minimum atomic E-state index is -2.55. The Labute approximate surface area is 210 Å². The lowest BCUT2D eigenvalue weighted by Gasteiger charge is -2.42. The van der Waals surface area contributed by atoms with Gasteiger partial charge in [0.1, 0.15) is 41.5 Å². The molecule has 37 heavy (non-hydrogen) atoms. The molecule has 0 bridgehead atoms. The average Bonchev–Trinajstić information content (AvgIpc) is 3.37. The molecule has 3 aromatic rings.